The minimum Gasteiger partial charge on any atom is -0.364 e. The number of nitrogens with two attached hydrogens (primary N) is 1. The molecule has 0 radical (unpaired) electrons. The smallest absolute Gasteiger partial charge is 0.238 e. The Morgan fingerprint density at radius 2 is 2.05 bits per heavy atom. The Morgan fingerprint density at radius 1 is 1.30 bits per heavy atom. The summed E-state index contributed by atoms with van der Waals surface area (Å²) in [5, 5.41) is 8.83. The lowest BCUT2D eigenvalue weighted by molar-refractivity contribution is 0.597. The van der Waals surface area contributed by atoms with Gasteiger partial charge in [-0.25, -0.2) is 18.5 Å². The highest BCUT2D eigenvalue weighted by Crippen LogP contribution is 2.21. The van der Waals surface area contributed by atoms with Crippen LogP contribution in [0.25, 0.3) is 0 Å². The van der Waals surface area contributed by atoms with Crippen LogP contribution in [0.4, 0.5) is 5.82 Å². The first-order valence-corrected chi connectivity index (χ1v) is 7.79. The molecule has 0 unspecified atom stereocenters. The van der Waals surface area contributed by atoms with E-state index < -0.39 is 10.0 Å². The first kappa shape index (κ1) is 14.8. The van der Waals surface area contributed by atoms with Gasteiger partial charge in [-0.3, -0.25) is 0 Å². The van der Waals surface area contributed by atoms with Crippen LogP contribution in [0.1, 0.15) is 18.5 Å². The van der Waals surface area contributed by atoms with Crippen molar-refractivity contribution >= 4 is 27.4 Å². The van der Waals surface area contributed by atoms with E-state index in [1.54, 1.807) is 24.3 Å². The number of hydrogen-bond donors (Lipinski definition) is 2. The lowest BCUT2D eigenvalue weighted by atomic mass is 10.1. The molecule has 5 nitrogen and oxygen atoms in total. The molecule has 0 fully saturated rings. The lowest BCUT2D eigenvalue weighted by Gasteiger charge is -2.15. The van der Waals surface area contributed by atoms with E-state index in [2.05, 4.69) is 10.3 Å². The van der Waals surface area contributed by atoms with Crippen molar-refractivity contribution in [3.8, 4) is 0 Å². The molecule has 2 rings (SSSR count). The molecular formula is C13H14ClN3O2S. The third-order valence-corrected chi connectivity index (χ3v) is 3.91. The summed E-state index contributed by atoms with van der Waals surface area (Å²) in [5.41, 5.74) is 0.799. The van der Waals surface area contributed by atoms with Crippen molar-refractivity contribution in [1.29, 1.82) is 0 Å². The van der Waals surface area contributed by atoms with Gasteiger partial charge in [-0.1, -0.05) is 23.7 Å². The largest absolute Gasteiger partial charge is 0.364 e. The van der Waals surface area contributed by atoms with Crippen molar-refractivity contribution in [3.05, 3.63) is 53.2 Å². The zero-order chi connectivity index (χ0) is 14.8. The predicted molar refractivity (Wildman–Crippen MR) is 79.1 cm³/mol. The van der Waals surface area contributed by atoms with Crippen molar-refractivity contribution in [2.24, 2.45) is 5.14 Å². The molecule has 20 heavy (non-hydrogen) atoms. The minimum absolute atomic E-state index is 0.0905. The van der Waals surface area contributed by atoms with Gasteiger partial charge in [0, 0.05) is 12.2 Å². The molecule has 0 saturated heterocycles. The van der Waals surface area contributed by atoms with Crippen molar-refractivity contribution in [2.45, 2.75) is 17.9 Å². The van der Waals surface area contributed by atoms with Crippen LogP contribution >= 0.6 is 11.6 Å². The molecule has 3 N–H and O–H groups in total. The van der Waals surface area contributed by atoms with Gasteiger partial charge in [0.25, 0.3) is 0 Å². The quantitative estimate of drug-likeness (QED) is 0.908. The summed E-state index contributed by atoms with van der Waals surface area (Å²) >= 11 is 5.77. The summed E-state index contributed by atoms with van der Waals surface area (Å²) in [6.45, 7) is 1.90. The summed E-state index contributed by atoms with van der Waals surface area (Å²) in [6, 6.07) is 9.84. The van der Waals surface area contributed by atoms with Gasteiger partial charge >= 0.3 is 0 Å². The molecule has 1 aromatic heterocycles. The van der Waals surface area contributed by atoms with Crippen LogP contribution in [0.2, 0.25) is 5.02 Å². The molecule has 0 bridgehead atoms. The number of aromatic nitrogens is 1. The third kappa shape index (κ3) is 3.69. The Balaban J connectivity index is 2.21. The molecule has 2 aromatic rings. The van der Waals surface area contributed by atoms with Crippen LogP contribution in [0.15, 0.2) is 47.5 Å². The third-order valence-electron chi connectivity index (χ3n) is 2.78. The fourth-order valence-electron chi connectivity index (χ4n) is 1.73. The van der Waals surface area contributed by atoms with E-state index in [1.165, 1.54) is 12.3 Å². The average Bonchev–Trinajstić information content (AvgIpc) is 2.40. The standard InChI is InChI=1S/C13H14ClN3O2S/c1-9(17-13-6-5-11(14)8-16-13)10-3-2-4-12(7-10)20(15,18)19/h2-9H,1H3,(H,16,17)(H2,15,18,19)/t9-/m0/s1. The van der Waals surface area contributed by atoms with Crippen molar-refractivity contribution in [1.82, 2.24) is 4.98 Å². The van der Waals surface area contributed by atoms with Crippen molar-refractivity contribution in [2.75, 3.05) is 5.32 Å². The molecule has 0 amide bonds. The lowest BCUT2D eigenvalue weighted by Crippen LogP contribution is -2.14. The van der Waals surface area contributed by atoms with E-state index in [1.807, 2.05) is 13.0 Å². The zero-order valence-electron chi connectivity index (χ0n) is 10.7. The van der Waals surface area contributed by atoms with E-state index in [9.17, 15) is 8.42 Å². The van der Waals surface area contributed by atoms with Crippen LogP contribution in [0, 0.1) is 0 Å². The van der Waals surface area contributed by atoms with Gasteiger partial charge < -0.3 is 5.32 Å². The Hall–Kier alpha value is -1.63. The van der Waals surface area contributed by atoms with E-state index in [0.29, 0.717) is 10.8 Å². The molecule has 106 valence electrons. The Labute approximate surface area is 122 Å². The maximum absolute atomic E-state index is 11.3. The van der Waals surface area contributed by atoms with Gasteiger partial charge in [0.05, 0.1) is 9.92 Å². The average molecular weight is 312 g/mol. The Morgan fingerprint density at radius 3 is 2.65 bits per heavy atom. The van der Waals surface area contributed by atoms with E-state index in [-0.39, 0.29) is 10.9 Å². The zero-order valence-corrected chi connectivity index (χ0v) is 12.3. The number of hydrogen-bond acceptors (Lipinski definition) is 4. The number of pyridine rings is 1. The molecular weight excluding hydrogens is 298 g/mol. The second kappa shape index (κ2) is 5.78. The van der Waals surface area contributed by atoms with Gasteiger partial charge in [0.15, 0.2) is 0 Å². The fourth-order valence-corrected chi connectivity index (χ4v) is 2.41. The molecule has 0 spiro atoms. The number of anilines is 1. The van der Waals surface area contributed by atoms with E-state index in [4.69, 9.17) is 16.7 Å². The van der Waals surface area contributed by atoms with Crippen molar-refractivity contribution < 1.29 is 8.42 Å². The fraction of sp³-hybridized carbons (Fsp3) is 0.154. The van der Waals surface area contributed by atoms with Gasteiger partial charge in [-0.05, 0) is 36.8 Å². The SMILES string of the molecule is C[C@H](Nc1ccc(Cl)cn1)c1cccc(S(N)(=O)=O)c1. The Bertz CT molecular complexity index is 702. The van der Waals surface area contributed by atoms with Gasteiger partial charge in [-0.15, -0.1) is 0 Å². The Kier molecular flexibility index (Phi) is 4.27. The van der Waals surface area contributed by atoms with E-state index in [0.717, 1.165) is 5.56 Å². The highest BCUT2D eigenvalue weighted by Gasteiger charge is 2.11. The second-order valence-electron chi connectivity index (χ2n) is 4.35. The summed E-state index contributed by atoms with van der Waals surface area (Å²) in [5.74, 6) is 0.655. The molecule has 0 aliphatic heterocycles. The highest BCUT2D eigenvalue weighted by molar-refractivity contribution is 7.89. The number of nitrogens with one attached hydrogen (secondary N) is 1. The topological polar surface area (TPSA) is 85.1 Å². The molecule has 0 aliphatic carbocycles. The number of benzene rings is 1. The van der Waals surface area contributed by atoms with Gasteiger partial charge in [0.1, 0.15) is 5.82 Å². The highest BCUT2D eigenvalue weighted by atomic mass is 35.5. The first-order chi connectivity index (χ1) is 9.36. The summed E-state index contributed by atoms with van der Waals surface area (Å²) < 4.78 is 22.7. The summed E-state index contributed by atoms with van der Waals surface area (Å²) in [6.07, 6.45) is 1.54. The van der Waals surface area contributed by atoms with Crippen LogP contribution in [0.3, 0.4) is 0 Å². The summed E-state index contributed by atoms with van der Waals surface area (Å²) in [4.78, 5) is 4.22. The predicted octanol–water partition coefficient (Wildman–Crippen LogP) is 2.56. The minimum atomic E-state index is -3.70. The molecule has 1 heterocycles. The number of nitrogens with zero attached hydrogens (tertiary/aromatic N) is 1. The summed E-state index contributed by atoms with van der Waals surface area (Å²) in [7, 11) is -3.70. The number of halogens is 1. The van der Waals surface area contributed by atoms with Crippen LogP contribution in [-0.4, -0.2) is 13.4 Å². The normalized spacial score (nSPS) is 12.9. The molecule has 0 saturated carbocycles. The molecule has 1 atom stereocenters. The maximum Gasteiger partial charge on any atom is 0.238 e. The number of rotatable bonds is 4. The van der Waals surface area contributed by atoms with Gasteiger partial charge in [-0.2, -0.15) is 0 Å². The second-order valence-corrected chi connectivity index (χ2v) is 6.34. The molecule has 1 aromatic carbocycles. The number of primary sulfonamides is 1. The van der Waals surface area contributed by atoms with Crippen LogP contribution in [-0.2, 0) is 10.0 Å². The first-order valence-electron chi connectivity index (χ1n) is 5.87. The molecule has 0 aliphatic rings. The van der Waals surface area contributed by atoms with Crippen LogP contribution in [0.5, 0.6) is 0 Å². The van der Waals surface area contributed by atoms with Crippen LogP contribution < -0.4 is 10.5 Å². The van der Waals surface area contributed by atoms with Crippen molar-refractivity contribution in [3.63, 3.8) is 0 Å². The molecule has 7 heteroatoms. The monoisotopic (exact) mass is 311 g/mol. The maximum atomic E-state index is 11.3. The van der Waals surface area contributed by atoms with E-state index >= 15 is 0 Å². The van der Waals surface area contributed by atoms with Gasteiger partial charge in [0.2, 0.25) is 10.0 Å². The number of sulfonamides is 1.